The van der Waals surface area contributed by atoms with Crippen LogP contribution in [0.2, 0.25) is 0 Å². The number of benzene rings is 1. The van der Waals surface area contributed by atoms with Gasteiger partial charge in [-0.3, -0.25) is 9.48 Å². The highest BCUT2D eigenvalue weighted by Crippen LogP contribution is 2.20. The molecule has 0 atom stereocenters. The summed E-state index contributed by atoms with van der Waals surface area (Å²) in [6, 6.07) is 5.91. The summed E-state index contributed by atoms with van der Waals surface area (Å²) in [6.45, 7) is 11.2. The Labute approximate surface area is 164 Å². The van der Waals surface area contributed by atoms with Crippen molar-refractivity contribution in [2.24, 2.45) is 0 Å². The molecule has 0 aliphatic heterocycles. The van der Waals surface area contributed by atoms with Gasteiger partial charge in [-0.05, 0) is 57.9 Å². The quantitative estimate of drug-likeness (QED) is 0.675. The number of aromatic nitrogens is 3. The lowest BCUT2D eigenvalue weighted by atomic mass is 10.1. The number of carbonyl (C=O) groups excluding carboxylic acids is 1. The Bertz CT molecular complexity index is 988. The number of amides is 1. The van der Waals surface area contributed by atoms with Crippen molar-refractivity contribution in [1.29, 1.82) is 0 Å². The molecule has 3 aromatic rings. The fourth-order valence-electron chi connectivity index (χ4n) is 2.85. The normalized spacial score (nSPS) is 10.9. The summed E-state index contributed by atoms with van der Waals surface area (Å²) in [4.78, 5) is 12.6. The van der Waals surface area contributed by atoms with Gasteiger partial charge in [0.15, 0.2) is 5.69 Å². The van der Waals surface area contributed by atoms with Crippen LogP contribution in [0.1, 0.15) is 51.1 Å². The van der Waals surface area contributed by atoms with Gasteiger partial charge in [-0.1, -0.05) is 11.2 Å². The number of hydrogen-bond donors (Lipinski definition) is 1. The number of carbonyl (C=O) groups is 1. The Morgan fingerprint density at radius 1 is 1.21 bits per heavy atom. The first-order chi connectivity index (χ1) is 13.4. The molecule has 1 aromatic carbocycles. The van der Waals surface area contributed by atoms with Gasteiger partial charge in [0.1, 0.15) is 18.1 Å². The lowest BCUT2D eigenvalue weighted by molar-refractivity contribution is 0.0939. The summed E-state index contributed by atoms with van der Waals surface area (Å²) in [7, 11) is 0. The number of nitrogens with one attached hydrogen (secondary N) is 1. The molecule has 0 radical (unpaired) electrons. The molecule has 0 aliphatic rings. The van der Waals surface area contributed by atoms with Crippen molar-refractivity contribution < 1.29 is 14.1 Å². The van der Waals surface area contributed by atoms with E-state index in [-0.39, 0.29) is 18.2 Å². The highest BCUT2D eigenvalue weighted by Gasteiger charge is 2.20. The number of ether oxygens (including phenoxy) is 1. The Balaban J connectivity index is 1.68. The van der Waals surface area contributed by atoms with Crippen LogP contribution in [-0.4, -0.2) is 20.8 Å². The van der Waals surface area contributed by atoms with E-state index in [0.717, 1.165) is 29.1 Å². The van der Waals surface area contributed by atoms with Crippen LogP contribution < -0.4 is 10.1 Å². The van der Waals surface area contributed by atoms with Crippen molar-refractivity contribution in [3.63, 3.8) is 0 Å². The average molecular weight is 382 g/mol. The number of hydrogen-bond acceptors (Lipinski definition) is 5. The first-order valence-electron chi connectivity index (χ1n) is 9.35. The zero-order valence-electron chi connectivity index (χ0n) is 17.0. The smallest absolute Gasteiger partial charge is 0.274 e. The molecule has 28 heavy (non-hydrogen) atoms. The molecular weight excluding hydrogens is 356 g/mol. The van der Waals surface area contributed by atoms with Crippen molar-refractivity contribution in [3.8, 4) is 5.75 Å². The fraction of sp³-hybridized carbons (Fsp3) is 0.381. The van der Waals surface area contributed by atoms with Gasteiger partial charge in [-0.2, -0.15) is 5.10 Å². The zero-order chi connectivity index (χ0) is 20.3. The van der Waals surface area contributed by atoms with E-state index in [0.29, 0.717) is 17.9 Å². The maximum atomic E-state index is 12.6. The molecule has 0 bridgehead atoms. The minimum Gasteiger partial charge on any atom is -0.489 e. The van der Waals surface area contributed by atoms with Gasteiger partial charge < -0.3 is 14.6 Å². The Morgan fingerprint density at radius 2 is 2.00 bits per heavy atom. The van der Waals surface area contributed by atoms with E-state index in [2.05, 4.69) is 22.5 Å². The molecule has 7 heteroatoms. The summed E-state index contributed by atoms with van der Waals surface area (Å²) in [5.41, 5.74) is 5.13. The molecule has 1 amide bonds. The number of rotatable bonds is 7. The van der Waals surface area contributed by atoms with E-state index in [1.54, 1.807) is 6.92 Å². The molecular formula is C21H26N4O3. The molecule has 0 aliphatic carbocycles. The first-order valence-corrected chi connectivity index (χ1v) is 9.35. The second-order valence-electron chi connectivity index (χ2n) is 6.88. The van der Waals surface area contributed by atoms with Crippen molar-refractivity contribution >= 4 is 5.91 Å². The van der Waals surface area contributed by atoms with Crippen LogP contribution in [0, 0.1) is 27.7 Å². The van der Waals surface area contributed by atoms with Crippen LogP contribution in [0.25, 0.3) is 0 Å². The van der Waals surface area contributed by atoms with E-state index in [4.69, 9.17) is 9.26 Å². The average Bonchev–Trinajstić information content (AvgIpc) is 3.23. The summed E-state index contributed by atoms with van der Waals surface area (Å²) in [5.74, 6) is 1.03. The molecule has 0 fully saturated rings. The standard InChI is InChI=1S/C21H26N4O3/c1-6-25-11-17(15(4)23-25)10-22-21(26)20-19(16(5)28-24-20)12-27-18-8-7-13(2)14(3)9-18/h7-9,11H,6,10,12H2,1-5H3,(H,22,26). The lowest BCUT2D eigenvalue weighted by Crippen LogP contribution is -2.24. The highest BCUT2D eigenvalue weighted by atomic mass is 16.5. The van der Waals surface area contributed by atoms with Crippen LogP contribution >= 0.6 is 0 Å². The van der Waals surface area contributed by atoms with E-state index in [9.17, 15) is 4.79 Å². The van der Waals surface area contributed by atoms with Gasteiger partial charge in [0, 0.05) is 24.8 Å². The zero-order valence-corrected chi connectivity index (χ0v) is 17.0. The summed E-state index contributed by atoms with van der Waals surface area (Å²) in [6.07, 6.45) is 1.94. The van der Waals surface area contributed by atoms with Gasteiger partial charge in [-0.25, -0.2) is 0 Å². The molecule has 0 saturated heterocycles. The van der Waals surface area contributed by atoms with Gasteiger partial charge in [0.05, 0.1) is 11.3 Å². The molecule has 7 nitrogen and oxygen atoms in total. The summed E-state index contributed by atoms with van der Waals surface area (Å²) < 4.78 is 12.9. The molecule has 148 valence electrons. The Morgan fingerprint density at radius 3 is 2.68 bits per heavy atom. The predicted molar refractivity (Wildman–Crippen MR) is 105 cm³/mol. The largest absolute Gasteiger partial charge is 0.489 e. The summed E-state index contributed by atoms with van der Waals surface area (Å²) in [5, 5.41) is 11.2. The van der Waals surface area contributed by atoms with Crippen LogP contribution in [-0.2, 0) is 19.7 Å². The topological polar surface area (TPSA) is 82.2 Å². The summed E-state index contributed by atoms with van der Waals surface area (Å²) >= 11 is 0. The molecule has 0 unspecified atom stereocenters. The van der Waals surface area contributed by atoms with Crippen molar-refractivity contribution in [3.05, 3.63) is 63.8 Å². The monoisotopic (exact) mass is 382 g/mol. The van der Waals surface area contributed by atoms with E-state index in [1.165, 1.54) is 5.56 Å². The molecule has 2 aromatic heterocycles. The maximum absolute atomic E-state index is 12.6. The van der Waals surface area contributed by atoms with E-state index < -0.39 is 0 Å². The molecule has 1 N–H and O–H groups in total. The molecule has 3 rings (SSSR count). The minimum absolute atomic E-state index is 0.216. The lowest BCUT2D eigenvalue weighted by Gasteiger charge is -2.09. The van der Waals surface area contributed by atoms with Crippen LogP contribution in [0.4, 0.5) is 0 Å². The minimum atomic E-state index is -0.292. The van der Waals surface area contributed by atoms with E-state index in [1.807, 2.05) is 49.8 Å². The first kappa shape index (κ1) is 19.7. The SMILES string of the molecule is CCn1cc(CNC(=O)c2noc(C)c2COc2ccc(C)c(C)c2)c(C)n1. The van der Waals surface area contributed by atoms with Gasteiger partial charge in [0.2, 0.25) is 0 Å². The van der Waals surface area contributed by atoms with Gasteiger partial charge in [-0.15, -0.1) is 0 Å². The molecule has 2 heterocycles. The Kier molecular flexibility index (Phi) is 5.82. The fourth-order valence-corrected chi connectivity index (χ4v) is 2.85. The highest BCUT2D eigenvalue weighted by molar-refractivity contribution is 5.93. The molecule has 0 saturated carbocycles. The third kappa shape index (κ3) is 4.24. The predicted octanol–water partition coefficient (Wildman–Crippen LogP) is 3.63. The van der Waals surface area contributed by atoms with Crippen molar-refractivity contribution in [1.82, 2.24) is 20.3 Å². The molecule has 0 spiro atoms. The second-order valence-corrected chi connectivity index (χ2v) is 6.88. The van der Waals surface area contributed by atoms with Crippen molar-refractivity contribution in [2.75, 3.05) is 0 Å². The maximum Gasteiger partial charge on any atom is 0.274 e. The van der Waals surface area contributed by atoms with E-state index >= 15 is 0 Å². The van der Waals surface area contributed by atoms with Crippen LogP contribution in [0.3, 0.4) is 0 Å². The third-order valence-corrected chi connectivity index (χ3v) is 4.87. The van der Waals surface area contributed by atoms with Gasteiger partial charge in [0.25, 0.3) is 5.91 Å². The van der Waals surface area contributed by atoms with Crippen LogP contribution in [0.5, 0.6) is 5.75 Å². The number of nitrogens with zero attached hydrogens (tertiary/aromatic N) is 3. The van der Waals surface area contributed by atoms with Crippen molar-refractivity contribution in [2.45, 2.75) is 54.3 Å². The van der Waals surface area contributed by atoms with Crippen LogP contribution in [0.15, 0.2) is 28.9 Å². The van der Waals surface area contributed by atoms with Gasteiger partial charge >= 0.3 is 0 Å². The number of aryl methyl sites for hydroxylation is 5. The second kappa shape index (κ2) is 8.29. The third-order valence-electron chi connectivity index (χ3n) is 4.87. The Hall–Kier alpha value is -3.09.